The van der Waals surface area contributed by atoms with Gasteiger partial charge in [0, 0.05) is 11.1 Å². The summed E-state index contributed by atoms with van der Waals surface area (Å²) < 4.78 is 11.1. The first-order valence-electron chi connectivity index (χ1n) is 9.62. The number of hydrogen-bond donors (Lipinski definition) is 2. The Kier molecular flexibility index (Phi) is 5.11. The molecule has 0 bridgehead atoms. The van der Waals surface area contributed by atoms with E-state index in [1.165, 1.54) is 0 Å². The number of carboxylic acid groups (broad SMARTS) is 1. The van der Waals surface area contributed by atoms with Gasteiger partial charge in [-0.1, -0.05) is 23.4 Å². The minimum absolute atomic E-state index is 0.0439. The molecule has 0 saturated carbocycles. The largest absolute Gasteiger partial charge is 0.490 e. The minimum atomic E-state index is -1.04. The van der Waals surface area contributed by atoms with Crippen molar-refractivity contribution < 1.29 is 19.2 Å². The van der Waals surface area contributed by atoms with Crippen LogP contribution in [0, 0.1) is 11.3 Å². The molecule has 0 saturated heterocycles. The average molecular weight is 404 g/mol. The summed E-state index contributed by atoms with van der Waals surface area (Å²) >= 11 is 0. The second-order valence-electron chi connectivity index (χ2n) is 7.33. The van der Waals surface area contributed by atoms with Crippen LogP contribution < -0.4 is 10.1 Å². The molecule has 2 N–H and O–H groups in total. The van der Waals surface area contributed by atoms with E-state index < -0.39 is 6.09 Å². The highest BCUT2D eigenvalue weighted by molar-refractivity contribution is 5.69. The number of aromatic nitrogens is 2. The second kappa shape index (κ2) is 7.87. The van der Waals surface area contributed by atoms with Crippen molar-refractivity contribution >= 4 is 6.09 Å². The van der Waals surface area contributed by atoms with Crippen molar-refractivity contribution in [3.8, 4) is 34.7 Å². The summed E-state index contributed by atoms with van der Waals surface area (Å²) in [4.78, 5) is 15.5. The number of ether oxygens (including phenoxy) is 1. The van der Waals surface area contributed by atoms with Crippen LogP contribution in [0.25, 0.3) is 22.8 Å². The molecular weight excluding hydrogens is 384 g/mol. The number of carbonyl (C=O) groups is 1. The van der Waals surface area contributed by atoms with Gasteiger partial charge in [-0.3, -0.25) is 0 Å². The summed E-state index contributed by atoms with van der Waals surface area (Å²) in [6.45, 7) is 3.79. The molecule has 1 aromatic heterocycles. The van der Waals surface area contributed by atoms with E-state index in [0.717, 1.165) is 23.1 Å². The van der Waals surface area contributed by atoms with Crippen LogP contribution in [-0.4, -0.2) is 27.4 Å². The van der Waals surface area contributed by atoms with Crippen LogP contribution in [0.15, 0.2) is 40.9 Å². The molecule has 1 atom stereocenters. The molecule has 1 unspecified atom stereocenters. The molecule has 1 heterocycles. The zero-order valence-electron chi connectivity index (χ0n) is 16.5. The number of amides is 1. The molecule has 0 aliphatic heterocycles. The van der Waals surface area contributed by atoms with Gasteiger partial charge in [-0.15, -0.1) is 0 Å². The summed E-state index contributed by atoms with van der Waals surface area (Å²) in [5, 5.41) is 25.1. The summed E-state index contributed by atoms with van der Waals surface area (Å²) in [5.41, 5.74) is 3.78. The molecule has 0 fully saturated rings. The lowest BCUT2D eigenvalue weighted by Crippen LogP contribution is -2.24. The number of fused-ring (bicyclic) bond motifs is 1. The average Bonchev–Trinajstić information content (AvgIpc) is 3.35. The molecule has 152 valence electrons. The van der Waals surface area contributed by atoms with Crippen molar-refractivity contribution in [1.82, 2.24) is 15.5 Å². The Morgan fingerprint density at radius 2 is 2.20 bits per heavy atom. The van der Waals surface area contributed by atoms with Gasteiger partial charge in [0.2, 0.25) is 5.82 Å². The number of hydrogen-bond acceptors (Lipinski definition) is 6. The van der Waals surface area contributed by atoms with Gasteiger partial charge in [0.25, 0.3) is 5.89 Å². The Morgan fingerprint density at radius 3 is 2.93 bits per heavy atom. The van der Waals surface area contributed by atoms with Gasteiger partial charge in [-0.05, 0) is 56.0 Å². The van der Waals surface area contributed by atoms with Crippen molar-refractivity contribution in [2.45, 2.75) is 38.8 Å². The van der Waals surface area contributed by atoms with Gasteiger partial charge in [0.15, 0.2) is 0 Å². The van der Waals surface area contributed by atoms with Crippen LogP contribution in [0.4, 0.5) is 4.79 Å². The summed E-state index contributed by atoms with van der Waals surface area (Å²) in [6.07, 6.45) is 0.322. The molecule has 1 aliphatic rings. The standard InChI is InChI=1S/C22H20N4O4/c1-12(2)29-19-9-6-13(10-14(19)11-23)21-25-20(26-30-21)17-5-3-4-16-15(17)7-8-18(16)24-22(27)28/h3-6,9-10,12,18,24H,7-8H2,1-2H3,(H,27,28). The SMILES string of the molecule is CC(C)Oc1ccc(-c2nc(-c3cccc4c3CCC4NC(=O)O)no2)cc1C#N. The van der Waals surface area contributed by atoms with Crippen molar-refractivity contribution in [3.63, 3.8) is 0 Å². The van der Waals surface area contributed by atoms with Crippen LogP contribution in [0.1, 0.15) is 43.0 Å². The van der Waals surface area contributed by atoms with Crippen molar-refractivity contribution in [3.05, 3.63) is 53.1 Å². The van der Waals surface area contributed by atoms with Gasteiger partial charge in [0.05, 0.1) is 17.7 Å². The normalized spacial score (nSPS) is 14.9. The third kappa shape index (κ3) is 3.70. The molecular formula is C22H20N4O4. The lowest BCUT2D eigenvalue weighted by Gasteiger charge is -2.11. The van der Waals surface area contributed by atoms with E-state index in [0.29, 0.717) is 35.0 Å². The zero-order chi connectivity index (χ0) is 21.3. The Labute approximate surface area is 173 Å². The number of rotatable bonds is 5. The number of benzene rings is 2. The molecule has 8 heteroatoms. The van der Waals surface area contributed by atoms with E-state index in [-0.39, 0.29) is 12.1 Å². The molecule has 4 rings (SSSR count). The lowest BCUT2D eigenvalue weighted by atomic mass is 10.0. The van der Waals surface area contributed by atoms with Crippen LogP contribution in [0.2, 0.25) is 0 Å². The van der Waals surface area contributed by atoms with Crippen molar-refractivity contribution in [2.24, 2.45) is 0 Å². The quantitative estimate of drug-likeness (QED) is 0.649. The lowest BCUT2D eigenvalue weighted by molar-refractivity contribution is 0.190. The molecule has 1 aliphatic carbocycles. The predicted molar refractivity (Wildman–Crippen MR) is 108 cm³/mol. The summed E-state index contributed by atoms with van der Waals surface area (Å²) in [6, 6.07) is 12.7. The maximum atomic E-state index is 11.0. The fourth-order valence-electron chi connectivity index (χ4n) is 3.72. The summed E-state index contributed by atoms with van der Waals surface area (Å²) in [7, 11) is 0. The number of nitrogens with one attached hydrogen (secondary N) is 1. The third-order valence-corrected chi connectivity index (χ3v) is 4.94. The first-order chi connectivity index (χ1) is 14.5. The Bertz CT molecular complexity index is 1150. The molecule has 3 aromatic rings. The highest BCUT2D eigenvalue weighted by Crippen LogP contribution is 2.37. The van der Waals surface area contributed by atoms with E-state index in [2.05, 4.69) is 21.5 Å². The van der Waals surface area contributed by atoms with Crippen LogP contribution in [0.5, 0.6) is 5.75 Å². The minimum Gasteiger partial charge on any atom is -0.490 e. The van der Waals surface area contributed by atoms with Gasteiger partial charge in [0.1, 0.15) is 11.8 Å². The van der Waals surface area contributed by atoms with E-state index in [1.54, 1.807) is 18.2 Å². The van der Waals surface area contributed by atoms with Crippen molar-refractivity contribution in [1.29, 1.82) is 5.26 Å². The van der Waals surface area contributed by atoms with Gasteiger partial charge in [-0.2, -0.15) is 10.2 Å². The predicted octanol–water partition coefficient (Wildman–Crippen LogP) is 4.32. The first-order valence-corrected chi connectivity index (χ1v) is 9.62. The monoisotopic (exact) mass is 404 g/mol. The maximum Gasteiger partial charge on any atom is 0.405 e. The number of nitrogens with zero attached hydrogens (tertiary/aromatic N) is 3. The van der Waals surface area contributed by atoms with E-state index >= 15 is 0 Å². The second-order valence-corrected chi connectivity index (χ2v) is 7.33. The first kappa shape index (κ1) is 19.5. The Hall–Kier alpha value is -3.86. The molecule has 8 nitrogen and oxygen atoms in total. The highest BCUT2D eigenvalue weighted by atomic mass is 16.5. The third-order valence-electron chi connectivity index (χ3n) is 4.94. The molecule has 0 radical (unpaired) electrons. The van der Waals surface area contributed by atoms with E-state index in [1.807, 2.05) is 32.0 Å². The topological polar surface area (TPSA) is 121 Å². The zero-order valence-corrected chi connectivity index (χ0v) is 16.5. The fraction of sp³-hybridized carbons (Fsp3) is 0.273. The highest BCUT2D eigenvalue weighted by Gasteiger charge is 2.27. The van der Waals surface area contributed by atoms with Crippen molar-refractivity contribution in [2.75, 3.05) is 0 Å². The van der Waals surface area contributed by atoms with E-state index in [4.69, 9.17) is 14.4 Å². The maximum absolute atomic E-state index is 11.0. The molecule has 2 aromatic carbocycles. The van der Waals surface area contributed by atoms with Crippen LogP contribution >= 0.6 is 0 Å². The van der Waals surface area contributed by atoms with Crippen LogP contribution in [-0.2, 0) is 6.42 Å². The Morgan fingerprint density at radius 1 is 1.37 bits per heavy atom. The fourth-order valence-corrected chi connectivity index (χ4v) is 3.72. The van der Waals surface area contributed by atoms with Crippen LogP contribution in [0.3, 0.4) is 0 Å². The summed E-state index contributed by atoms with van der Waals surface area (Å²) in [5.74, 6) is 1.24. The molecule has 30 heavy (non-hydrogen) atoms. The van der Waals surface area contributed by atoms with E-state index in [9.17, 15) is 10.1 Å². The molecule has 0 spiro atoms. The van der Waals surface area contributed by atoms with Gasteiger partial charge >= 0.3 is 6.09 Å². The molecule has 1 amide bonds. The Balaban J connectivity index is 1.66. The van der Waals surface area contributed by atoms with Gasteiger partial charge in [-0.25, -0.2) is 4.79 Å². The smallest absolute Gasteiger partial charge is 0.405 e. The number of nitriles is 1. The van der Waals surface area contributed by atoms with Gasteiger partial charge < -0.3 is 19.7 Å².